The number of aromatic nitrogens is 3. The van der Waals surface area contributed by atoms with E-state index in [0.29, 0.717) is 5.92 Å². The molecule has 1 aromatic carbocycles. The number of fused-ring (bicyclic) bond motifs is 2. The number of hydrogen-bond donors (Lipinski definition) is 1. The van der Waals surface area contributed by atoms with E-state index in [1.54, 1.807) is 0 Å². The normalized spacial score (nSPS) is 18.4. The minimum Gasteiger partial charge on any atom is -0.417 e. The highest BCUT2D eigenvalue weighted by atomic mass is 28.4. The van der Waals surface area contributed by atoms with Gasteiger partial charge in [0.05, 0.1) is 5.52 Å². The Kier molecular flexibility index (Phi) is 3.92. The number of benzene rings is 1. The maximum Gasteiger partial charge on any atom is 0.240 e. The first-order valence-corrected chi connectivity index (χ1v) is 11.1. The second-order valence-electron chi connectivity index (χ2n) is 8.13. The van der Waals surface area contributed by atoms with Crippen molar-refractivity contribution in [1.29, 1.82) is 0 Å². The molecule has 1 unspecified atom stereocenters. The van der Waals surface area contributed by atoms with Gasteiger partial charge in [0.15, 0.2) is 8.32 Å². The molecule has 2 aromatic rings. The highest BCUT2D eigenvalue weighted by Gasteiger charge is 2.38. The lowest BCUT2D eigenvalue weighted by Gasteiger charge is -2.37. The first-order valence-electron chi connectivity index (χ1n) is 8.21. The van der Waals surface area contributed by atoms with Crippen LogP contribution in [0.4, 0.5) is 5.95 Å². The fourth-order valence-corrected chi connectivity index (χ4v) is 3.90. The zero-order valence-electron chi connectivity index (χ0n) is 14.7. The van der Waals surface area contributed by atoms with E-state index in [4.69, 9.17) is 10.2 Å². The van der Waals surface area contributed by atoms with Crippen LogP contribution >= 0.6 is 0 Å². The number of nitrogen functional groups attached to an aromatic ring is 1. The molecule has 0 fully saturated rings. The molecule has 1 aromatic heterocycles. The van der Waals surface area contributed by atoms with Crippen LogP contribution in [0.15, 0.2) is 12.1 Å². The van der Waals surface area contributed by atoms with Crippen molar-refractivity contribution in [2.24, 2.45) is 5.92 Å². The smallest absolute Gasteiger partial charge is 0.240 e. The molecule has 6 heteroatoms. The van der Waals surface area contributed by atoms with Crippen molar-refractivity contribution in [2.45, 2.75) is 51.7 Å². The molecule has 124 valence electrons. The molecule has 1 aliphatic carbocycles. The van der Waals surface area contributed by atoms with Crippen molar-refractivity contribution in [3.63, 3.8) is 0 Å². The molecule has 2 N–H and O–H groups in total. The molecule has 0 bridgehead atoms. The third-order valence-electron chi connectivity index (χ3n) is 5.30. The lowest BCUT2D eigenvalue weighted by Crippen LogP contribution is -2.42. The van der Waals surface area contributed by atoms with Crippen molar-refractivity contribution < 1.29 is 4.43 Å². The Morgan fingerprint density at radius 1 is 1.13 bits per heavy atom. The predicted molar refractivity (Wildman–Crippen MR) is 95.8 cm³/mol. The van der Waals surface area contributed by atoms with Crippen LogP contribution < -0.4 is 5.73 Å². The van der Waals surface area contributed by atoms with Crippen molar-refractivity contribution in [3.05, 3.63) is 23.3 Å². The van der Waals surface area contributed by atoms with Crippen LogP contribution in [0.1, 0.15) is 31.9 Å². The summed E-state index contributed by atoms with van der Waals surface area (Å²) in [6.07, 6.45) is 2.09. The van der Waals surface area contributed by atoms with Gasteiger partial charge < -0.3 is 10.2 Å². The summed E-state index contributed by atoms with van der Waals surface area (Å²) in [6.45, 7) is 12.3. The summed E-state index contributed by atoms with van der Waals surface area (Å²) in [5.74, 6) is 0.773. The Hall–Kier alpha value is -1.53. The van der Waals surface area contributed by atoms with Gasteiger partial charge in [-0.2, -0.15) is 0 Å². The number of anilines is 1. The molecule has 0 amide bonds. The average molecular weight is 331 g/mol. The Morgan fingerprint density at radius 3 is 2.35 bits per heavy atom. The summed E-state index contributed by atoms with van der Waals surface area (Å²) in [7, 11) is -1.68. The molecule has 5 nitrogen and oxygen atoms in total. The highest BCUT2D eigenvalue weighted by molar-refractivity contribution is 6.74. The van der Waals surface area contributed by atoms with Gasteiger partial charge in [-0.15, -0.1) is 10.2 Å². The second-order valence-corrected chi connectivity index (χ2v) is 12.9. The van der Waals surface area contributed by atoms with Crippen molar-refractivity contribution in [1.82, 2.24) is 15.2 Å². The van der Waals surface area contributed by atoms with Crippen LogP contribution in [0.3, 0.4) is 0 Å². The Bertz CT molecular complexity index is 739. The zero-order chi connectivity index (χ0) is 16.8. The van der Waals surface area contributed by atoms with Gasteiger partial charge in [0.2, 0.25) is 5.95 Å². The van der Waals surface area contributed by atoms with E-state index in [9.17, 15) is 0 Å². The highest BCUT2D eigenvalue weighted by Crippen LogP contribution is 2.38. The van der Waals surface area contributed by atoms with Gasteiger partial charge in [-0.05, 0) is 60.2 Å². The van der Waals surface area contributed by atoms with Crippen LogP contribution in [-0.2, 0) is 17.3 Å². The average Bonchev–Trinajstić information content (AvgIpc) is 2.83. The second kappa shape index (κ2) is 5.53. The lowest BCUT2D eigenvalue weighted by atomic mass is 10.1. The molecule has 1 heterocycles. The van der Waals surface area contributed by atoms with Gasteiger partial charge in [-0.1, -0.05) is 20.8 Å². The van der Waals surface area contributed by atoms with Crippen LogP contribution in [0.25, 0.3) is 11.0 Å². The van der Waals surface area contributed by atoms with Gasteiger partial charge in [-0.25, -0.2) is 4.98 Å². The molecule has 0 aliphatic heterocycles. The fraction of sp³-hybridized carbons (Fsp3) is 0.588. The van der Waals surface area contributed by atoms with E-state index in [0.717, 1.165) is 30.5 Å². The summed E-state index contributed by atoms with van der Waals surface area (Å²) in [5, 5.41) is 8.24. The molecule has 0 radical (unpaired) electrons. The van der Waals surface area contributed by atoms with E-state index in [-0.39, 0.29) is 11.0 Å². The SMILES string of the molecule is CC(C)(C)[Si](C)(C)OCC1Cc2cc3nnc(N)nc3cc2C1. The topological polar surface area (TPSA) is 73.9 Å². The van der Waals surface area contributed by atoms with Gasteiger partial charge in [-0.3, -0.25) is 0 Å². The lowest BCUT2D eigenvalue weighted by molar-refractivity contribution is 0.232. The van der Waals surface area contributed by atoms with E-state index in [2.05, 4.69) is 61.2 Å². The van der Waals surface area contributed by atoms with Gasteiger partial charge >= 0.3 is 0 Å². The molecule has 0 saturated heterocycles. The molecular formula is C17H26N4OSi. The van der Waals surface area contributed by atoms with Crippen LogP contribution in [-0.4, -0.2) is 30.1 Å². The number of nitrogens with two attached hydrogens (primary N) is 1. The molecule has 23 heavy (non-hydrogen) atoms. The van der Waals surface area contributed by atoms with Crippen molar-refractivity contribution in [2.75, 3.05) is 12.3 Å². The van der Waals surface area contributed by atoms with E-state index >= 15 is 0 Å². The molecule has 0 spiro atoms. The van der Waals surface area contributed by atoms with Crippen LogP contribution in [0.5, 0.6) is 0 Å². The summed E-state index contributed by atoms with van der Waals surface area (Å²) >= 11 is 0. The van der Waals surface area contributed by atoms with Crippen LogP contribution in [0.2, 0.25) is 18.1 Å². The van der Waals surface area contributed by atoms with Crippen LogP contribution in [0, 0.1) is 5.92 Å². The standard InChI is InChI=1S/C17H26N4OSi/c1-17(2,3)23(4,5)22-10-11-6-12-8-14-15(9-13(12)7-11)20-21-16(18)19-14/h8-9,11H,6-7,10H2,1-5H3,(H2,18,19,21). The largest absolute Gasteiger partial charge is 0.417 e. The summed E-state index contributed by atoms with van der Waals surface area (Å²) in [4.78, 5) is 4.28. The number of hydrogen-bond acceptors (Lipinski definition) is 5. The third kappa shape index (κ3) is 3.23. The van der Waals surface area contributed by atoms with Crippen molar-refractivity contribution in [3.8, 4) is 0 Å². The van der Waals surface area contributed by atoms with E-state index in [1.807, 2.05) is 0 Å². The van der Waals surface area contributed by atoms with Gasteiger partial charge in [0.25, 0.3) is 0 Å². The monoisotopic (exact) mass is 330 g/mol. The zero-order valence-corrected chi connectivity index (χ0v) is 15.7. The minimum atomic E-state index is -1.68. The fourth-order valence-electron chi connectivity index (χ4n) is 2.82. The maximum absolute atomic E-state index is 6.40. The number of rotatable bonds is 3. The van der Waals surface area contributed by atoms with Gasteiger partial charge in [0.1, 0.15) is 5.52 Å². The van der Waals surface area contributed by atoms with Crippen molar-refractivity contribution >= 4 is 25.3 Å². The Balaban J connectivity index is 1.73. The molecule has 3 rings (SSSR count). The van der Waals surface area contributed by atoms with Gasteiger partial charge in [0, 0.05) is 6.61 Å². The predicted octanol–water partition coefficient (Wildman–Crippen LogP) is 3.34. The van der Waals surface area contributed by atoms with E-state index < -0.39 is 8.32 Å². The molecule has 1 aliphatic rings. The summed E-state index contributed by atoms with van der Waals surface area (Å²) < 4.78 is 6.40. The minimum absolute atomic E-state index is 0.230. The molecule has 1 atom stereocenters. The Morgan fingerprint density at radius 2 is 1.74 bits per heavy atom. The van der Waals surface area contributed by atoms with E-state index in [1.165, 1.54) is 11.1 Å². The first-order chi connectivity index (χ1) is 10.7. The summed E-state index contributed by atoms with van der Waals surface area (Å²) in [5.41, 5.74) is 9.99. The molecule has 0 saturated carbocycles. The summed E-state index contributed by atoms with van der Waals surface area (Å²) in [6, 6.07) is 4.22. The maximum atomic E-state index is 6.40. The third-order valence-corrected chi connectivity index (χ3v) is 9.80. The number of nitrogens with zero attached hydrogens (tertiary/aromatic N) is 3. The quantitative estimate of drug-likeness (QED) is 0.874. The first kappa shape index (κ1) is 16.3. The molecular weight excluding hydrogens is 304 g/mol. The Labute approximate surface area is 138 Å².